The minimum Gasteiger partial charge on any atom is -0.294 e. The fourth-order valence-corrected chi connectivity index (χ4v) is 2.79. The fourth-order valence-electron chi connectivity index (χ4n) is 2.56. The van der Waals surface area contributed by atoms with Crippen molar-refractivity contribution in [2.45, 2.75) is 32.6 Å². The summed E-state index contributed by atoms with van der Waals surface area (Å²) in [5, 5.41) is 0.590. The third-order valence-corrected chi connectivity index (χ3v) is 3.96. The van der Waals surface area contributed by atoms with Crippen molar-refractivity contribution in [2.75, 3.05) is 0 Å². The molecule has 1 aromatic carbocycles. The summed E-state index contributed by atoms with van der Waals surface area (Å²) < 4.78 is 0. The summed E-state index contributed by atoms with van der Waals surface area (Å²) in [6.07, 6.45) is 4.45. The summed E-state index contributed by atoms with van der Waals surface area (Å²) in [7, 11) is 0. The highest BCUT2D eigenvalue weighted by Crippen LogP contribution is 2.35. The van der Waals surface area contributed by atoms with Gasteiger partial charge in [0.05, 0.1) is 5.02 Å². The lowest BCUT2D eigenvalue weighted by molar-refractivity contribution is 0.0920. The normalized spacial score (nSPS) is 24.6. The third kappa shape index (κ3) is 2.30. The lowest BCUT2D eigenvalue weighted by atomic mass is 9.94. The van der Waals surface area contributed by atoms with Gasteiger partial charge in [-0.25, -0.2) is 0 Å². The lowest BCUT2D eigenvalue weighted by Crippen LogP contribution is -2.12. The van der Waals surface area contributed by atoms with Crippen LogP contribution in [0.1, 0.15) is 43.0 Å². The van der Waals surface area contributed by atoms with E-state index in [1.165, 1.54) is 12.8 Å². The number of ketones is 1. The number of hydrogen-bond donors (Lipinski definition) is 0. The van der Waals surface area contributed by atoms with Gasteiger partial charge in [0.15, 0.2) is 5.78 Å². The quantitative estimate of drug-likeness (QED) is 0.714. The molecule has 1 nitrogen and oxygen atoms in total. The second-order valence-corrected chi connectivity index (χ2v) is 5.04. The van der Waals surface area contributed by atoms with Gasteiger partial charge >= 0.3 is 0 Å². The van der Waals surface area contributed by atoms with Gasteiger partial charge in [-0.15, -0.1) is 0 Å². The van der Waals surface area contributed by atoms with Crippen molar-refractivity contribution in [2.24, 2.45) is 11.8 Å². The summed E-state index contributed by atoms with van der Waals surface area (Å²) in [5.74, 6) is 1.17. The van der Waals surface area contributed by atoms with Gasteiger partial charge in [0.25, 0.3) is 0 Å². The first-order valence-electron chi connectivity index (χ1n) is 6.01. The average Bonchev–Trinajstić information content (AvgIpc) is 2.77. The summed E-state index contributed by atoms with van der Waals surface area (Å²) in [6, 6.07) is 7.37. The van der Waals surface area contributed by atoms with E-state index in [0.717, 1.165) is 18.8 Å². The van der Waals surface area contributed by atoms with Crippen molar-refractivity contribution in [3.8, 4) is 0 Å². The Morgan fingerprint density at radius 3 is 2.75 bits per heavy atom. The standard InChI is InChI=1S/C14H17ClO/c1-2-10-7-8-11(9-10)14(16)12-5-3-4-6-13(12)15/h3-6,10-11H,2,7-9H2,1H3. The van der Waals surface area contributed by atoms with Crippen LogP contribution >= 0.6 is 11.6 Å². The van der Waals surface area contributed by atoms with Gasteiger partial charge in [-0.3, -0.25) is 4.79 Å². The molecule has 1 aliphatic carbocycles. The number of carbonyl (C=O) groups excluding carboxylic acids is 1. The van der Waals surface area contributed by atoms with Crippen LogP contribution in [0.2, 0.25) is 5.02 Å². The van der Waals surface area contributed by atoms with Crippen LogP contribution in [0.4, 0.5) is 0 Å². The molecule has 0 heterocycles. The van der Waals surface area contributed by atoms with Crippen molar-refractivity contribution in [3.63, 3.8) is 0 Å². The van der Waals surface area contributed by atoms with Crippen LogP contribution in [0.5, 0.6) is 0 Å². The molecule has 86 valence electrons. The number of benzene rings is 1. The maximum absolute atomic E-state index is 12.2. The number of rotatable bonds is 3. The number of carbonyl (C=O) groups is 1. The van der Waals surface area contributed by atoms with Gasteiger partial charge < -0.3 is 0 Å². The Balaban J connectivity index is 2.12. The Hall–Kier alpha value is -0.820. The Morgan fingerprint density at radius 1 is 1.38 bits per heavy atom. The zero-order chi connectivity index (χ0) is 11.5. The van der Waals surface area contributed by atoms with Crippen LogP contribution in [0.15, 0.2) is 24.3 Å². The van der Waals surface area contributed by atoms with Crippen molar-refractivity contribution in [1.82, 2.24) is 0 Å². The molecule has 0 bridgehead atoms. The van der Waals surface area contributed by atoms with E-state index in [9.17, 15) is 4.79 Å². The molecule has 1 aromatic rings. The van der Waals surface area contributed by atoms with E-state index in [1.807, 2.05) is 18.2 Å². The molecule has 2 rings (SSSR count). The zero-order valence-corrected chi connectivity index (χ0v) is 10.3. The SMILES string of the molecule is CCC1CCC(C(=O)c2ccccc2Cl)C1. The number of halogens is 1. The second-order valence-electron chi connectivity index (χ2n) is 4.63. The molecule has 1 fully saturated rings. The molecule has 1 aliphatic rings. The third-order valence-electron chi connectivity index (χ3n) is 3.63. The van der Waals surface area contributed by atoms with Gasteiger partial charge in [0, 0.05) is 11.5 Å². The molecule has 0 aliphatic heterocycles. The largest absolute Gasteiger partial charge is 0.294 e. The van der Waals surface area contributed by atoms with Crippen LogP contribution in [0, 0.1) is 11.8 Å². The van der Waals surface area contributed by atoms with Crippen LogP contribution in [0.25, 0.3) is 0 Å². The van der Waals surface area contributed by atoms with Crippen LogP contribution < -0.4 is 0 Å². The summed E-state index contributed by atoms with van der Waals surface area (Å²) in [5.41, 5.74) is 0.700. The summed E-state index contributed by atoms with van der Waals surface area (Å²) >= 11 is 6.05. The van der Waals surface area contributed by atoms with Crippen LogP contribution in [-0.4, -0.2) is 5.78 Å². The summed E-state index contributed by atoms with van der Waals surface area (Å²) in [6.45, 7) is 2.20. The molecule has 0 saturated heterocycles. The minimum atomic E-state index is 0.199. The molecule has 2 unspecified atom stereocenters. The predicted molar refractivity (Wildman–Crippen MR) is 66.9 cm³/mol. The maximum atomic E-state index is 12.2. The van der Waals surface area contributed by atoms with Crippen molar-refractivity contribution in [3.05, 3.63) is 34.9 Å². The molecule has 0 amide bonds. The number of Topliss-reactive ketones (excluding diaryl/α,β-unsaturated/α-hetero) is 1. The molecule has 2 heteroatoms. The Bertz CT molecular complexity index is 386. The van der Waals surface area contributed by atoms with E-state index in [2.05, 4.69) is 6.92 Å². The van der Waals surface area contributed by atoms with Gasteiger partial charge in [-0.1, -0.05) is 37.1 Å². The smallest absolute Gasteiger partial charge is 0.167 e. The maximum Gasteiger partial charge on any atom is 0.167 e. The topological polar surface area (TPSA) is 17.1 Å². The Morgan fingerprint density at radius 2 is 2.12 bits per heavy atom. The average molecular weight is 237 g/mol. The van der Waals surface area contributed by atoms with Gasteiger partial charge in [0.1, 0.15) is 0 Å². The van der Waals surface area contributed by atoms with Crippen molar-refractivity contribution >= 4 is 17.4 Å². The molecule has 2 atom stereocenters. The van der Waals surface area contributed by atoms with E-state index >= 15 is 0 Å². The van der Waals surface area contributed by atoms with Crippen LogP contribution in [-0.2, 0) is 0 Å². The fraction of sp³-hybridized carbons (Fsp3) is 0.500. The van der Waals surface area contributed by atoms with Crippen LogP contribution in [0.3, 0.4) is 0 Å². The minimum absolute atomic E-state index is 0.199. The molecule has 0 N–H and O–H groups in total. The molecule has 16 heavy (non-hydrogen) atoms. The Kier molecular flexibility index (Phi) is 3.65. The highest BCUT2D eigenvalue weighted by Gasteiger charge is 2.30. The van der Waals surface area contributed by atoms with E-state index < -0.39 is 0 Å². The van der Waals surface area contributed by atoms with E-state index in [1.54, 1.807) is 6.07 Å². The van der Waals surface area contributed by atoms with Gasteiger partial charge in [-0.05, 0) is 37.3 Å². The highest BCUT2D eigenvalue weighted by molar-refractivity contribution is 6.34. The van der Waals surface area contributed by atoms with E-state index in [-0.39, 0.29) is 11.7 Å². The van der Waals surface area contributed by atoms with E-state index in [0.29, 0.717) is 10.6 Å². The molecule has 1 saturated carbocycles. The summed E-state index contributed by atoms with van der Waals surface area (Å²) in [4.78, 5) is 12.2. The van der Waals surface area contributed by atoms with E-state index in [4.69, 9.17) is 11.6 Å². The second kappa shape index (κ2) is 5.01. The molecular formula is C14H17ClO. The predicted octanol–water partition coefficient (Wildman–Crippen LogP) is 4.35. The monoisotopic (exact) mass is 236 g/mol. The highest BCUT2D eigenvalue weighted by atomic mass is 35.5. The van der Waals surface area contributed by atoms with Gasteiger partial charge in [-0.2, -0.15) is 0 Å². The first-order valence-corrected chi connectivity index (χ1v) is 6.39. The van der Waals surface area contributed by atoms with Crippen molar-refractivity contribution < 1.29 is 4.79 Å². The Labute approximate surface area is 102 Å². The number of hydrogen-bond acceptors (Lipinski definition) is 1. The first kappa shape index (κ1) is 11.7. The lowest BCUT2D eigenvalue weighted by Gasteiger charge is -2.10. The zero-order valence-electron chi connectivity index (χ0n) is 9.58. The van der Waals surface area contributed by atoms with Crippen molar-refractivity contribution in [1.29, 1.82) is 0 Å². The molecule has 0 aromatic heterocycles. The molecular weight excluding hydrogens is 220 g/mol. The van der Waals surface area contributed by atoms with Gasteiger partial charge in [0.2, 0.25) is 0 Å². The first-order chi connectivity index (χ1) is 7.72. The molecule has 0 radical (unpaired) electrons. The molecule has 0 spiro atoms.